The maximum atomic E-state index is 10.6. The van der Waals surface area contributed by atoms with Crippen molar-refractivity contribution in [1.29, 1.82) is 0 Å². The average Bonchev–Trinajstić information content (AvgIpc) is 2.77. The van der Waals surface area contributed by atoms with E-state index in [1.807, 2.05) is 39.0 Å². The standard InChI is InChI=1S/C16H22O5S/c1-12-10-14(5-4-13(12)7-9-22(17)18)19-8-6-15-11-20-16(2,3)21-15/h4-5,7,9-10,15H,6,8,11H2,1-3H3,(H,17,18)/b9-7+. The minimum Gasteiger partial charge on any atom is -0.493 e. The summed E-state index contributed by atoms with van der Waals surface area (Å²) in [5, 5.41) is 1.24. The summed E-state index contributed by atoms with van der Waals surface area (Å²) < 4.78 is 36.4. The van der Waals surface area contributed by atoms with Crippen LogP contribution in [0.3, 0.4) is 0 Å². The van der Waals surface area contributed by atoms with Crippen LogP contribution in [0.1, 0.15) is 31.4 Å². The molecule has 0 amide bonds. The number of rotatable bonds is 6. The summed E-state index contributed by atoms with van der Waals surface area (Å²) in [4.78, 5) is 0. The van der Waals surface area contributed by atoms with Gasteiger partial charge in [-0.3, -0.25) is 0 Å². The van der Waals surface area contributed by atoms with Gasteiger partial charge in [0.15, 0.2) is 16.9 Å². The average molecular weight is 326 g/mol. The van der Waals surface area contributed by atoms with Crippen molar-refractivity contribution < 1.29 is 23.0 Å². The van der Waals surface area contributed by atoms with Crippen LogP contribution in [0.4, 0.5) is 0 Å². The maximum absolute atomic E-state index is 10.6. The lowest BCUT2D eigenvalue weighted by molar-refractivity contribution is -0.139. The molecule has 0 aromatic heterocycles. The molecule has 122 valence electrons. The van der Waals surface area contributed by atoms with E-state index >= 15 is 0 Å². The minimum atomic E-state index is -1.93. The number of hydrogen-bond acceptors (Lipinski definition) is 4. The molecule has 2 atom stereocenters. The molecular weight excluding hydrogens is 304 g/mol. The molecule has 5 nitrogen and oxygen atoms in total. The summed E-state index contributed by atoms with van der Waals surface area (Å²) in [5.74, 6) is 0.278. The van der Waals surface area contributed by atoms with Gasteiger partial charge in [-0.25, -0.2) is 4.21 Å². The van der Waals surface area contributed by atoms with E-state index in [4.69, 9.17) is 18.8 Å². The summed E-state index contributed by atoms with van der Waals surface area (Å²) in [7, 11) is 0. The Balaban J connectivity index is 1.84. The van der Waals surface area contributed by atoms with Crippen molar-refractivity contribution in [3.05, 3.63) is 34.7 Å². The van der Waals surface area contributed by atoms with Gasteiger partial charge >= 0.3 is 0 Å². The van der Waals surface area contributed by atoms with E-state index in [0.29, 0.717) is 13.2 Å². The van der Waals surface area contributed by atoms with Gasteiger partial charge in [-0.05, 0) is 50.1 Å². The molecule has 1 saturated heterocycles. The first kappa shape index (κ1) is 17.1. The van der Waals surface area contributed by atoms with Crippen LogP contribution < -0.4 is 4.74 Å². The van der Waals surface area contributed by atoms with Crippen molar-refractivity contribution in [2.45, 2.75) is 39.1 Å². The lowest BCUT2D eigenvalue weighted by Gasteiger charge is -2.17. The number of aryl methyl sites for hydroxylation is 1. The fraction of sp³-hybridized carbons (Fsp3) is 0.500. The van der Waals surface area contributed by atoms with Crippen LogP contribution in [0.15, 0.2) is 23.6 Å². The fourth-order valence-corrected chi connectivity index (χ4v) is 2.53. The van der Waals surface area contributed by atoms with E-state index in [0.717, 1.165) is 23.3 Å². The summed E-state index contributed by atoms with van der Waals surface area (Å²) in [6.45, 7) is 6.89. The van der Waals surface area contributed by atoms with Crippen molar-refractivity contribution in [1.82, 2.24) is 0 Å². The quantitative estimate of drug-likeness (QED) is 0.814. The van der Waals surface area contributed by atoms with E-state index in [9.17, 15) is 4.21 Å². The molecule has 1 aromatic carbocycles. The van der Waals surface area contributed by atoms with Crippen LogP contribution in [0, 0.1) is 6.92 Å². The Bertz CT molecular complexity index is 568. The zero-order chi connectivity index (χ0) is 16.2. The van der Waals surface area contributed by atoms with E-state index in [-0.39, 0.29) is 6.10 Å². The molecule has 2 rings (SSSR count). The second-order valence-electron chi connectivity index (χ2n) is 5.69. The van der Waals surface area contributed by atoms with Crippen molar-refractivity contribution >= 4 is 17.2 Å². The Morgan fingerprint density at radius 3 is 2.86 bits per heavy atom. The molecule has 0 aliphatic carbocycles. The van der Waals surface area contributed by atoms with E-state index in [2.05, 4.69) is 0 Å². The van der Waals surface area contributed by atoms with Crippen molar-refractivity contribution in [3.8, 4) is 5.75 Å². The second-order valence-corrected chi connectivity index (χ2v) is 6.51. The van der Waals surface area contributed by atoms with E-state index in [1.165, 1.54) is 5.41 Å². The van der Waals surface area contributed by atoms with Gasteiger partial charge in [0.1, 0.15) is 5.75 Å². The van der Waals surface area contributed by atoms with Gasteiger partial charge in [-0.1, -0.05) is 6.07 Å². The number of benzene rings is 1. The van der Waals surface area contributed by atoms with Gasteiger partial charge < -0.3 is 18.8 Å². The second kappa shape index (κ2) is 7.37. The van der Waals surface area contributed by atoms with Crippen LogP contribution in [0.25, 0.3) is 6.08 Å². The monoisotopic (exact) mass is 326 g/mol. The van der Waals surface area contributed by atoms with Crippen molar-refractivity contribution in [2.24, 2.45) is 0 Å². The highest BCUT2D eigenvalue weighted by molar-refractivity contribution is 7.82. The van der Waals surface area contributed by atoms with Crippen LogP contribution in [-0.2, 0) is 20.6 Å². The molecule has 1 N–H and O–H groups in total. The molecule has 1 heterocycles. The lowest BCUT2D eigenvalue weighted by Crippen LogP contribution is -2.22. The Morgan fingerprint density at radius 1 is 1.50 bits per heavy atom. The topological polar surface area (TPSA) is 65.0 Å². The molecule has 1 aromatic rings. The largest absolute Gasteiger partial charge is 0.493 e. The summed E-state index contributed by atoms with van der Waals surface area (Å²) in [6.07, 6.45) is 2.46. The van der Waals surface area contributed by atoms with Gasteiger partial charge in [0, 0.05) is 11.8 Å². The summed E-state index contributed by atoms with van der Waals surface area (Å²) in [5.41, 5.74) is 1.88. The highest BCUT2D eigenvalue weighted by Gasteiger charge is 2.32. The normalized spacial score (nSPS) is 22.1. The predicted octanol–water partition coefficient (Wildman–Crippen LogP) is 3.11. The van der Waals surface area contributed by atoms with E-state index in [1.54, 1.807) is 6.08 Å². The Morgan fingerprint density at radius 2 is 2.27 bits per heavy atom. The van der Waals surface area contributed by atoms with Gasteiger partial charge in [0.05, 0.1) is 19.3 Å². The van der Waals surface area contributed by atoms with Gasteiger partial charge in [-0.2, -0.15) is 0 Å². The smallest absolute Gasteiger partial charge is 0.178 e. The Hall–Kier alpha value is -1.21. The molecule has 0 saturated carbocycles. The molecule has 2 unspecified atom stereocenters. The first-order valence-corrected chi connectivity index (χ1v) is 8.36. The fourth-order valence-electron chi connectivity index (χ4n) is 2.27. The first-order chi connectivity index (χ1) is 10.4. The molecule has 1 aliphatic rings. The lowest BCUT2D eigenvalue weighted by atomic mass is 10.1. The molecular formula is C16H22O5S. The first-order valence-electron chi connectivity index (χ1n) is 7.19. The zero-order valence-electron chi connectivity index (χ0n) is 13.1. The highest BCUT2D eigenvalue weighted by atomic mass is 32.2. The SMILES string of the molecule is Cc1cc(OCCC2COC(C)(C)O2)ccc1/C=C/S(=O)O. The third-order valence-electron chi connectivity index (χ3n) is 3.38. The minimum absolute atomic E-state index is 0.0674. The molecule has 0 radical (unpaired) electrons. The summed E-state index contributed by atoms with van der Waals surface area (Å²) in [6, 6.07) is 5.63. The van der Waals surface area contributed by atoms with Crippen molar-refractivity contribution in [3.63, 3.8) is 0 Å². The summed E-state index contributed by atoms with van der Waals surface area (Å²) >= 11 is -1.93. The van der Waals surface area contributed by atoms with Crippen LogP contribution in [-0.4, -0.2) is 33.9 Å². The van der Waals surface area contributed by atoms with E-state index < -0.39 is 16.9 Å². The van der Waals surface area contributed by atoms with Gasteiger partial charge in [0.25, 0.3) is 0 Å². The van der Waals surface area contributed by atoms with Crippen LogP contribution in [0.5, 0.6) is 5.75 Å². The predicted molar refractivity (Wildman–Crippen MR) is 86.0 cm³/mol. The Labute approximate surface area is 133 Å². The molecule has 1 aliphatic heterocycles. The molecule has 0 spiro atoms. The van der Waals surface area contributed by atoms with Crippen molar-refractivity contribution in [2.75, 3.05) is 13.2 Å². The third kappa shape index (κ3) is 5.21. The maximum Gasteiger partial charge on any atom is 0.178 e. The highest BCUT2D eigenvalue weighted by Crippen LogP contribution is 2.24. The third-order valence-corrected chi connectivity index (χ3v) is 3.75. The number of hydrogen-bond donors (Lipinski definition) is 1. The number of ether oxygens (including phenoxy) is 3. The zero-order valence-corrected chi connectivity index (χ0v) is 13.9. The van der Waals surface area contributed by atoms with Crippen LogP contribution in [0.2, 0.25) is 0 Å². The van der Waals surface area contributed by atoms with Gasteiger partial charge in [-0.15, -0.1) is 0 Å². The van der Waals surface area contributed by atoms with Crippen LogP contribution >= 0.6 is 0 Å². The molecule has 6 heteroatoms. The Kier molecular flexibility index (Phi) is 5.74. The molecule has 1 fully saturated rings. The molecule has 22 heavy (non-hydrogen) atoms. The van der Waals surface area contributed by atoms with Gasteiger partial charge in [0.2, 0.25) is 0 Å². The molecule has 0 bridgehead atoms.